The van der Waals surface area contributed by atoms with E-state index in [1.807, 2.05) is 0 Å². The Kier molecular flexibility index (Phi) is 4.54. The minimum Gasteiger partial charge on any atom is -0.338 e. The molecule has 0 radical (unpaired) electrons. The molecule has 0 N–H and O–H groups in total. The summed E-state index contributed by atoms with van der Waals surface area (Å²) in [7, 11) is 0. The van der Waals surface area contributed by atoms with Gasteiger partial charge in [0, 0.05) is 13.1 Å². The summed E-state index contributed by atoms with van der Waals surface area (Å²) in [5.41, 5.74) is -0.273. The van der Waals surface area contributed by atoms with Gasteiger partial charge in [-0.25, -0.2) is 4.98 Å². The summed E-state index contributed by atoms with van der Waals surface area (Å²) in [6, 6.07) is 1.28. The first kappa shape index (κ1) is 14.7. The van der Waals surface area contributed by atoms with Crippen LogP contribution >= 0.6 is 11.6 Å². The summed E-state index contributed by atoms with van der Waals surface area (Å²) in [5, 5.41) is 11.1. The van der Waals surface area contributed by atoms with Gasteiger partial charge >= 0.3 is 0 Å². The van der Waals surface area contributed by atoms with Gasteiger partial charge in [-0.3, -0.25) is 14.9 Å². The van der Waals surface area contributed by atoms with Crippen LogP contribution in [-0.4, -0.2) is 33.8 Å². The average molecular weight is 298 g/mol. The number of halogens is 1. The number of nitrogens with zero attached hydrogens (tertiary/aromatic N) is 3. The molecule has 2 heterocycles. The first-order valence-electron chi connectivity index (χ1n) is 6.62. The highest BCUT2D eigenvalue weighted by Gasteiger charge is 2.28. The van der Waals surface area contributed by atoms with E-state index in [1.165, 1.54) is 6.07 Å². The number of pyridine rings is 1. The van der Waals surface area contributed by atoms with Crippen LogP contribution in [-0.2, 0) is 0 Å². The lowest BCUT2D eigenvalue weighted by atomic mass is 9.95. The van der Waals surface area contributed by atoms with Crippen molar-refractivity contribution < 1.29 is 9.72 Å². The van der Waals surface area contributed by atoms with Crippen molar-refractivity contribution in [2.24, 2.45) is 5.92 Å². The summed E-state index contributed by atoms with van der Waals surface area (Å²) < 4.78 is 0. The molecule has 1 aliphatic heterocycles. The van der Waals surface area contributed by atoms with E-state index in [1.54, 1.807) is 4.90 Å². The Morgan fingerprint density at radius 3 is 3.05 bits per heavy atom. The Morgan fingerprint density at radius 1 is 1.65 bits per heavy atom. The molecule has 1 fully saturated rings. The Hall–Kier alpha value is -1.69. The zero-order chi connectivity index (χ0) is 14.7. The normalized spacial score (nSPS) is 18.9. The number of amides is 1. The number of nitro groups is 1. The van der Waals surface area contributed by atoms with E-state index in [0.29, 0.717) is 19.0 Å². The molecule has 6 nitrogen and oxygen atoms in total. The number of aromatic nitrogens is 1. The molecule has 1 aliphatic rings. The van der Waals surface area contributed by atoms with Crippen LogP contribution in [0.5, 0.6) is 0 Å². The molecular weight excluding hydrogens is 282 g/mol. The lowest BCUT2D eigenvalue weighted by molar-refractivity contribution is -0.385. The molecule has 1 aromatic rings. The van der Waals surface area contributed by atoms with Gasteiger partial charge in [0.1, 0.15) is 16.9 Å². The van der Waals surface area contributed by atoms with Crippen molar-refractivity contribution in [3.63, 3.8) is 0 Å². The number of piperidine rings is 1. The van der Waals surface area contributed by atoms with Crippen LogP contribution in [0, 0.1) is 16.0 Å². The second-order valence-electron chi connectivity index (χ2n) is 4.95. The number of hydrogen-bond acceptors (Lipinski definition) is 4. The van der Waals surface area contributed by atoms with E-state index in [2.05, 4.69) is 11.9 Å². The topological polar surface area (TPSA) is 76.3 Å². The number of rotatable bonds is 3. The molecule has 0 saturated carbocycles. The van der Waals surface area contributed by atoms with Crippen molar-refractivity contribution in [2.75, 3.05) is 13.1 Å². The molecule has 7 heteroatoms. The van der Waals surface area contributed by atoms with Gasteiger partial charge in [-0.1, -0.05) is 24.9 Å². The van der Waals surface area contributed by atoms with Gasteiger partial charge in [0.15, 0.2) is 0 Å². The highest BCUT2D eigenvalue weighted by molar-refractivity contribution is 6.29. The minimum absolute atomic E-state index is 0.0201. The fourth-order valence-electron chi connectivity index (χ4n) is 2.49. The van der Waals surface area contributed by atoms with Gasteiger partial charge in [-0.15, -0.1) is 0 Å². The van der Waals surface area contributed by atoms with Crippen LogP contribution < -0.4 is 0 Å². The molecular formula is C13H16ClN3O3. The molecule has 108 valence electrons. The first-order valence-corrected chi connectivity index (χ1v) is 7.00. The Balaban J connectivity index is 2.28. The summed E-state index contributed by atoms with van der Waals surface area (Å²) in [4.78, 5) is 28.2. The van der Waals surface area contributed by atoms with Crippen molar-refractivity contribution in [3.8, 4) is 0 Å². The predicted octanol–water partition coefficient (Wildman–Crippen LogP) is 2.91. The molecule has 0 aliphatic carbocycles. The molecule has 0 bridgehead atoms. The van der Waals surface area contributed by atoms with Gasteiger partial charge in [0.25, 0.3) is 11.6 Å². The number of carbonyl (C=O) groups is 1. The van der Waals surface area contributed by atoms with Crippen LogP contribution in [0.15, 0.2) is 12.3 Å². The predicted molar refractivity (Wildman–Crippen MR) is 74.8 cm³/mol. The van der Waals surface area contributed by atoms with Crippen molar-refractivity contribution in [1.82, 2.24) is 9.88 Å². The van der Waals surface area contributed by atoms with E-state index in [-0.39, 0.29) is 22.3 Å². The van der Waals surface area contributed by atoms with Gasteiger partial charge in [-0.05, 0) is 24.8 Å². The van der Waals surface area contributed by atoms with Crippen molar-refractivity contribution in [3.05, 3.63) is 33.1 Å². The second-order valence-corrected chi connectivity index (χ2v) is 5.34. The molecule has 0 spiro atoms. The zero-order valence-corrected chi connectivity index (χ0v) is 12.0. The molecule has 2 rings (SSSR count). The maximum Gasteiger partial charge on any atom is 0.300 e. The van der Waals surface area contributed by atoms with Crippen molar-refractivity contribution >= 4 is 23.2 Å². The Labute approximate surface area is 121 Å². The van der Waals surface area contributed by atoms with Gasteiger partial charge < -0.3 is 4.90 Å². The van der Waals surface area contributed by atoms with Crippen LogP contribution in [0.3, 0.4) is 0 Å². The Morgan fingerprint density at radius 2 is 2.40 bits per heavy atom. The third-order valence-corrected chi connectivity index (χ3v) is 3.87. The largest absolute Gasteiger partial charge is 0.338 e. The quantitative estimate of drug-likeness (QED) is 0.488. The van der Waals surface area contributed by atoms with Gasteiger partial charge in [0.05, 0.1) is 4.92 Å². The molecule has 1 saturated heterocycles. The lowest BCUT2D eigenvalue weighted by Gasteiger charge is -2.32. The third-order valence-electron chi connectivity index (χ3n) is 3.66. The number of hydrogen-bond donors (Lipinski definition) is 0. The zero-order valence-electron chi connectivity index (χ0n) is 11.2. The van der Waals surface area contributed by atoms with Crippen molar-refractivity contribution in [2.45, 2.75) is 26.2 Å². The van der Waals surface area contributed by atoms with E-state index >= 15 is 0 Å². The minimum atomic E-state index is -0.599. The number of carbonyl (C=O) groups excluding carboxylic acids is 1. The molecule has 1 aromatic heterocycles. The molecule has 1 unspecified atom stereocenters. The van der Waals surface area contributed by atoms with Crippen LogP contribution in [0.1, 0.15) is 36.5 Å². The van der Waals surface area contributed by atoms with Crippen LogP contribution in [0.25, 0.3) is 0 Å². The number of likely N-dealkylation sites (tertiary alicyclic amines) is 1. The monoisotopic (exact) mass is 297 g/mol. The van der Waals surface area contributed by atoms with E-state index in [0.717, 1.165) is 25.5 Å². The SMILES string of the molecule is CCC1CCCN(C(=O)c2cc(Cl)ncc2[N+](=O)[O-])C1. The summed E-state index contributed by atoms with van der Waals surface area (Å²) in [5.74, 6) is 0.128. The fourth-order valence-corrected chi connectivity index (χ4v) is 2.65. The second kappa shape index (κ2) is 6.17. The third kappa shape index (κ3) is 3.07. The van der Waals surface area contributed by atoms with Gasteiger partial charge in [-0.2, -0.15) is 0 Å². The maximum atomic E-state index is 12.5. The maximum absolute atomic E-state index is 12.5. The Bertz CT molecular complexity index is 536. The highest BCUT2D eigenvalue weighted by atomic mass is 35.5. The molecule has 20 heavy (non-hydrogen) atoms. The molecule has 0 aromatic carbocycles. The van der Waals surface area contributed by atoms with E-state index in [4.69, 9.17) is 11.6 Å². The molecule has 1 amide bonds. The fraction of sp³-hybridized carbons (Fsp3) is 0.538. The standard InChI is InChI=1S/C13H16ClN3O3/c1-2-9-4-3-5-16(8-9)13(18)10-6-12(14)15-7-11(10)17(19)20/h6-7,9H,2-5,8H2,1H3. The summed E-state index contributed by atoms with van der Waals surface area (Å²) in [6.45, 7) is 3.36. The van der Waals surface area contributed by atoms with Gasteiger partial charge in [0.2, 0.25) is 0 Å². The van der Waals surface area contributed by atoms with Crippen molar-refractivity contribution in [1.29, 1.82) is 0 Å². The average Bonchev–Trinajstić information content (AvgIpc) is 2.46. The van der Waals surface area contributed by atoms with Crippen LogP contribution in [0.4, 0.5) is 5.69 Å². The smallest absolute Gasteiger partial charge is 0.300 e. The van der Waals surface area contributed by atoms with E-state index in [9.17, 15) is 14.9 Å². The van der Waals surface area contributed by atoms with Crippen LogP contribution in [0.2, 0.25) is 5.15 Å². The molecule has 1 atom stereocenters. The first-order chi connectivity index (χ1) is 9.52. The summed E-state index contributed by atoms with van der Waals surface area (Å²) in [6.07, 6.45) is 4.07. The lowest BCUT2D eigenvalue weighted by Crippen LogP contribution is -2.40. The highest BCUT2D eigenvalue weighted by Crippen LogP contribution is 2.25. The van der Waals surface area contributed by atoms with E-state index < -0.39 is 4.92 Å². The summed E-state index contributed by atoms with van der Waals surface area (Å²) >= 11 is 5.76.